The Bertz CT molecular complexity index is 556. The van der Waals surface area contributed by atoms with Crippen LogP contribution in [0.5, 0.6) is 11.5 Å². The zero-order valence-electron chi connectivity index (χ0n) is 12.5. The Kier molecular flexibility index (Phi) is 5.98. The molecule has 0 saturated heterocycles. The molecule has 5 heteroatoms. The van der Waals surface area contributed by atoms with Gasteiger partial charge >= 0.3 is 0 Å². The molecule has 0 aliphatic carbocycles. The van der Waals surface area contributed by atoms with E-state index in [1.807, 2.05) is 6.92 Å². The first-order valence-corrected chi connectivity index (χ1v) is 7.55. The minimum absolute atomic E-state index is 0.0672. The Labute approximate surface area is 133 Å². The number of rotatable bonds is 6. The maximum absolute atomic E-state index is 12.1. The van der Waals surface area contributed by atoms with E-state index in [0.717, 1.165) is 12.0 Å². The molecule has 0 aliphatic rings. The van der Waals surface area contributed by atoms with Gasteiger partial charge in [-0.05, 0) is 74.2 Å². The molecular weight excluding hydrogens is 336 g/mol. The van der Waals surface area contributed by atoms with E-state index in [1.54, 1.807) is 13.8 Å². The predicted molar refractivity (Wildman–Crippen MR) is 85.7 cm³/mol. The number of carbonyl (C=O) groups is 1. The molecule has 0 bridgehead atoms. The molecule has 1 aromatic rings. The number of halogens is 1. The Hall–Kier alpha value is -1.33. The molecule has 1 rings (SSSR count). The Morgan fingerprint density at radius 2 is 1.90 bits per heavy atom. The lowest BCUT2D eigenvalue weighted by molar-refractivity contribution is 0.0689. The molecule has 4 nitrogen and oxygen atoms in total. The number of hydrogen-bond donors (Lipinski definition) is 3. The van der Waals surface area contributed by atoms with Gasteiger partial charge in [-0.3, -0.25) is 4.79 Å². The normalized spacial score (nSPS) is 12.5. The van der Waals surface area contributed by atoms with Crippen LogP contribution in [0.25, 0.3) is 0 Å². The third-order valence-corrected chi connectivity index (χ3v) is 3.70. The van der Waals surface area contributed by atoms with Gasteiger partial charge in [-0.2, -0.15) is 0 Å². The quantitative estimate of drug-likeness (QED) is 0.410. The van der Waals surface area contributed by atoms with Crippen molar-refractivity contribution in [3.05, 3.63) is 33.8 Å². The average molecular weight is 357 g/mol. The molecule has 3 N–H and O–H groups in total. The lowest BCUT2D eigenvalue weighted by Gasteiger charge is -2.16. The summed E-state index contributed by atoms with van der Waals surface area (Å²) in [5.41, 5.74) is 0.226. The number of benzene rings is 1. The van der Waals surface area contributed by atoms with E-state index in [0.29, 0.717) is 17.3 Å². The molecule has 0 fully saturated rings. The minimum Gasteiger partial charge on any atom is -0.507 e. The summed E-state index contributed by atoms with van der Waals surface area (Å²) >= 11 is 3.07. The third kappa shape index (κ3) is 5.89. The van der Waals surface area contributed by atoms with Crippen LogP contribution in [-0.4, -0.2) is 26.7 Å². The first kappa shape index (κ1) is 17.7. The molecule has 0 aliphatic heterocycles. The maximum atomic E-state index is 12.1. The van der Waals surface area contributed by atoms with Crippen molar-refractivity contribution in [2.45, 2.75) is 45.6 Å². The van der Waals surface area contributed by atoms with Gasteiger partial charge in [-0.25, -0.2) is 0 Å². The van der Waals surface area contributed by atoms with Crippen LogP contribution in [0.3, 0.4) is 0 Å². The molecule has 0 radical (unpaired) electrons. The first-order chi connectivity index (χ1) is 9.60. The van der Waals surface area contributed by atoms with Crippen molar-refractivity contribution in [3.63, 3.8) is 0 Å². The standard InChI is InChI=1S/C16H21BrO4/c1-10(5-4-6-16(2,3)21)7-13(18)11-8-15(20)12(17)9-14(11)19/h7-9,19-21H,4-6H2,1-3H3/b10-7+. The van der Waals surface area contributed by atoms with E-state index in [9.17, 15) is 20.1 Å². The summed E-state index contributed by atoms with van der Waals surface area (Å²) in [6.07, 6.45) is 3.57. The van der Waals surface area contributed by atoms with E-state index in [1.165, 1.54) is 18.2 Å². The van der Waals surface area contributed by atoms with Gasteiger partial charge in [-0.15, -0.1) is 0 Å². The average Bonchev–Trinajstić information content (AvgIpc) is 2.31. The second-order valence-electron chi connectivity index (χ2n) is 5.84. The van der Waals surface area contributed by atoms with Gasteiger partial charge in [0, 0.05) is 0 Å². The van der Waals surface area contributed by atoms with Crippen molar-refractivity contribution in [3.8, 4) is 11.5 Å². The second-order valence-corrected chi connectivity index (χ2v) is 6.70. The Balaban J connectivity index is 2.75. The van der Waals surface area contributed by atoms with Crippen molar-refractivity contribution in [2.24, 2.45) is 0 Å². The van der Waals surface area contributed by atoms with E-state index in [4.69, 9.17) is 0 Å². The van der Waals surface area contributed by atoms with Crippen LogP contribution in [-0.2, 0) is 0 Å². The van der Waals surface area contributed by atoms with Gasteiger partial charge in [0.15, 0.2) is 5.78 Å². The lowest BCUT2D eigenvalue weighted by atomic mass is 9.98. The number of ketones is 1. The molecule has 21 heavy (non-hydrogen) atoms. The smallest absolute Gasteiger partial charge is 0.189 e. The molecule has 0 saturated carbocycles. The summed E-state index contributed by atoms with van der Waals surface area (Å²) in [5.74, 6) is -0.620. The van der Waals surface area contributed by atoms with Crippen molar-refractivity contribution < 1.29 is 20.1 Å². The van der Waals surface area contributed by atoms with E-state index >= 15 is 0 Å². The van der Waals surface area contributed by atoms with Crippen LogP contribution < -0.4 is 0 Å². The molecule has 116 valence electrons. The molecule has 0 amide bonds. The van der Waals surface area contributed by atoms with Crippen LogP contribution in [0.2, 0.25) is 0 Å². The van der Waals surface area contributed by atoms with Crippen LogP contribution in [0.1, 0.15) is 50.4 Å². The maximum Gasteiger partial charge on any atom is 0.189 e. The van der Waals surface area contributed by atoms with Crippen LogP contribution >= 0.6 is 15.9 Å². The fourth-order valence-electron chi connectivity index (χ4n) is 1.92. The fourth-order valence-corrected chi connectivity index (χ4v) is 2.25. The molecule has 0 spiro atoms. The fraction of sp³-hybridized carbons (Fsp3) is 0.438. The molecule has 0 unspecified atom stereocenters. The molecular formula is C16H21BrO4. The van der Waals surface area contributed by atoms with E-state index < -0.39 is 5.60 Å². The van der Waals surface area contributed by atoms with E-state index in [2.05, 4.69) is 15.9 Å². The first-order valence-electron chi connectivity index (χ1n) is 6.75. The number of hydrogen-bond acceptors (Lipinski definition) is 4. The largest absolute Gasteiger partial charge is 0.507 e. The number of phenolic OH excluding ortho intramolecular Hbond substituents is 2. The molecule has 0 heterocycles. The number of carbonyl (C=O) groups excluding carboxylic acids is 1. The molecule has 1 aromatic carbocycles. The van der Waals surface area contributed by atoms with Crippen molar-refractivity contribution in [2.75, 3.05) is 0 Å². The zero-order valence-corrected chi connectivity index (χ0v) is 14.1. The highest BCUT2D eigenvalue weighted by molar-refractivity contribution is 9.10. The topological polar surface area (TPSA) is 77.8 Å². The number of phenols is 2. The van der Waals surface area contributed by atoms with Gasteiger partial charge in [0.05, 0.1) is 15.6 Å². The van der Waals surface area contributed by atoms with Gasteiger partial charge in [0.25, 0.3) is 0 Å². The van der Waals surface area contributed by atoms with Crippen molar-refractivity contribution in [1.82, 2.24) is 0 Å². The minimum atomic E-state index is -0.708. The Morgan fingerprint density at radius 3 is 2.48 bits per heavy atom. The van der Waals surface area contributed by atoms with E-state index in [-0.39, 0.29) is 22.8 Å². The monoisotopic (exact) mass is 356 g/mol. The summed E-state index contributed by atoms with van der Waals surface area (Å²) < 4.78 is 0.336. The summed E-state index contributed by atoms with van der Waals surface area (Å²) in [7, 11) is 0. The summed E-state index contributed by atoms with van der Waals surface area (Å²) in [6, 6.07) is 2.53. The second kappa shape index (κ2) is 7.09. The summed E-state index contributed by atoms with van der Waals surface area (Å²) in [5, 5.41) is 29.0. The predicted octanol–water partition coefficient (Wildman–Crippen LogP) is 3.93. The zero-order chi connectivity index (χ0) is 16.2. The number of allylic oxidation sites excluding steroid dienone is 2. The molecule has 0 atom stereocenters. The van der Waals surface area contributed by atoms with Crippen LogP contribution in [0.4, 0.5) is 0 Å². The van der Waals surface area contributed by atoms with Crippen LogP contribution in [0, 0.1) is 0 Å². The number of aromatic hydroxyl groups is 2. The SMILES string of the molecule is C/C(=C\C(=O)c1cc(O)c(Br)cc1O)CCCC(C)(C)O. The third-order valence-electron chi connectivity index (χ3n) is 3.07. The highest BCUT2D eigenvalue weighted by Gasteiger charge is 2.14. The van der Waals surface area contributed by atoms with Crippen molar-refractivity contribution in [1.29, 1.82) is 0 Å². The van der Waals surface area contributed by atoms with Gasteiger partial charge in [0.2, 0.25) is 0 Å². The summed E-state index contributed by atoms with van der Waals surface area (Å²) in [4.78, 5) is 12.1. The van der Waals surface area contributed by atoms with Gasteiger partial charge in [-0.1, -0.05) is 5.57 Å². The lowest BCUT2D eigenvalue weighted by Crippen LogP contribution is -2.17. The van der Waals surface area contributed by atoms with Gasteiger partial charge in [0.1, 0.15) is 11.5 Å². The van der Waals surface area contributed by atoms with Gasteiger partial charge < -0.3 is 15.3 Å². The molecule has 0 aromatic heterocycles. The number of aliphatic hydroxyl groups is 1. The van der Waals surface area contributed by atoms with Crippen molar-refractivity contribution >= 4 is 21.7 Å². The Morgan fingerprint density at radius 1 is 1.29 bits per heavy atom. The van der Waals surface area contributed by atoms with Crippen LogP contribution in [0.15, 0.2) is 28.3 Å². The highest BCUT2D eigenvalue weighted by atomic mass is 79.9. The summed E-state index contributed by atoms with van der Waals surface area (Å²) in [6.45, 7) is 5.33. The highest BCUT2D eigenvalue weighted by Crippen LogP contribution is 2.31.